The van der Waals surface area contributed by atoms with Gasteiger partial charge in [-0.2, -0.15) is 11.8 Å². The lowest BCUT2D eigenvalue weighted by Gasteiger charge is -2.32. The van der Waals surface area contributed by atoms with Crippen LogP contribution in [-0.4, -0.2) is 70.2 Å². The van der Waals surface area contributed by atoms with Crippen LogP contribution in [0.3, 0.4) is 0 Å². The number of nitrogens with zero attached hydrogens (tertiary/aromatic N) is 2. The average Bonchev–Trinajstić information content (AvgIpc) is 3.10. The monoisotopic (exact) mass is 406 g/mol. The van der Waals surface area contributed by atoms with E-state index in [2.05, 4.69) is 4.74 Å². The molecule has 0 aromatic heterocycles. The van der Waals surface area contributed by atoms with Crippen molar-refractivity contribution in [2.45, 2.75) is 12.4 Å². The first-order valence-corrected chi connectivity index (χ1v) is 10.3. The van der Waals surface area contributed by atoms with Crippen LogP contribution in [0.2, 0.25) is 0 Å². The summed E-state index contributed by atoms with van der Waals surface area (Å²) in [6, 6.07) is 4.24. The summed E-state index contributed by atoms with van der Waals surface area (Å²) in [5.74, 6) is 1.89. The molecule has 2 aliphatic heterocycles. The van der Waals surface area contributed by atoms with Crippen LogP contribution in [0.15, 0.2) is 24.3 Å². The second-order valence-corrected chi connectivity index (χ2v) is 8.02. The molecule has 0 N–H and O–H groups in total. The fourth-order valence-corrected chi connectivity index (χ4v) is 4.86. The number of thioether (sulfide) groups is 2. The fourth-order valence-electron chi connectivity index (χ4n) is 2.81. The van der Waals surface area contributed by atoms with Crippen molar-refractivity contribution in [1.29, 1.82) is 0 Å². The summed E-state index contributed by atoms with van der Waals surface area (Å²) in [5, 5.41) is 0. The summed E-state index contributed by atoms with van der Waals surface area (Å²) in [6.07, 6.45) is -4.78. The SMILES string of the molecule is O=C([C@H]1CSCN1C(=O)c1ccc(OC(F)(F)F)cc1)N1CCSCC1. The fraction of sp³-hybridized carbons (Fsp3) is 0.500. The van der Waals surface area contributed by atoms with Crippen LogP contribution in [-0.2, 0) is 4.79 Å². The van der Waals surface area contributed by atoms with E-state index in [4.69, 9.17) is 0 Å². The molecule has 142 valence electrons. The number of alkyl halides is 3. The van der Waals surface area contributed by atoms with Crippen molar-refractivity contribution < 1.29 is 27.5 Å². The molecule has 0 saturated carbocycles. The van der Waals surface area contributed by atoms with Crippen LogP contribution >= 0.6 is 23.5 Å². The van der Waals surface area contributed by atoms with Crippen molar-refractivity contribution in [2.24, 2.45) is 0 Å². The zero-order valence-corrected chi connectivity index (χ0v) is 15.3. The molecule has 2 amide bonds. The number of ether oxygens (including phenoxy) is 1. The van der Waals surface area contributed by atoms with Crippen LogP contribution in [0.25, 0.3) is 0 Å². The van der Waals surface area contributed by atoms with E-state index in [1.54, 1.807) is 16.7 Å². The van der Waals surface area contributed by atoms with Gasteiger partial charge in [0.15, 0.2) is 0 Å². The Morgan fingerprint density at radius 3 is 2.35 bits per heavy atom. The molecule has 2 fully saturated rings. The van der Waals surface area contributed by atoms with E-state index in [0.29, 0.717) is 24.7 Å². The van der Waals surface area contributed by atoms with Gasteiger partial charge in [0.1, 0.15) is 11.8 Å². The molecule has 2 heterocycles. The quantitative estimate of drug-likeness (QED) is 0.773. The number of hydrogen-bond donors (Lipinski definition) is 0. The van der Waals surface area contributed by atoms with Gasteiger partial charge in [-0.1, -0.05) is 0 Å². The second kappa shape index (κ2) is 7.99. The third-order valence-corrected chi connectivity index (χ3v) is 6.04. The number of rotatable bonds is 3. The van der Waals surface area contributed by atoms with E-state index in [9.17, 15) is 22.8 Å². The molecule has 1 atom stereocenters. The van der Waals surface area contributed by atoms with Crippen molar-refractivity contribution in [3.05, 3.63) is 29.8 Å². The zero-order chi connectivity index (χ0) is 18.7. The van der Waals surface area contributed by atoms with Crippen molar-refractivity contribution in [1.82, 2.24) is 9.80 Å². The minimum Gasteiger partial charge on any atom is -0.406 e. The molecule has 0 bridgehead atoms. The molecular weight excluding hydrogens is 389 g/mol. The van der Waals surface area contributed by atoms with Gasteiger partial charge >= 0.3 is 6.36 Å². The van der Waals surface area contributed by atoms with E-state index in [1.807, 2.05) is 0 Å². The molecule has 26 heavy (non-hydrogen) atoms. The molecular formula is C16H17F3N2O3S2. The number of benzene rings is 1. The summed E-state index contributed by atoms with van der Waals surface area (Å²) in [4.78, 5) is 28.7. The highest BCUT2D eigenvalue weighted by Gasteiger charge is 2.38. The van der Waals surface area contributed by atoms with Gasteiger partial charge in [0, 0.05) is 35.9 Å². The highest BCUT2D eigenvalue weighted by atomic mass is 32.2. The maximum absolute atomic E-state index is 12.7. The van der Waals surface area contributed by atoms with Gasteiger partial charge in [-0.3, -0.25) is 9.59 Å². The Bertz CT molecular complexity index is 664. The Kier molecular flexibility index (Phi) is 5.91. The molecule has 0 aliphatic carbocycles. The molecule has 2 saturated heterocycles. The van der Waals surface area contributed by atoms with Crippen molar-refractivity contribution >= 4 is 35.3 Å². The highest BCUT2D eigenvalue weighted by molar-refractivity contribution is 7.99. The Balaban J connectivity index is 1.68. The third-order valence-electron chi connectivity index (χ3n) is 4.09. The third kappa shape index (κ3) is 4.59. The molecule has 10 heteroatoms. The number of hydrogen-bond acceptors (Lipinski definition) is 5. The maximum atomic E-state index is 12.7. The van der Waals surface area contributed by atoms with Crippen LogP contribution in [0.5, 0.6) is 5.75 Å². The molecule has 3 rings (SSSR count). The summed E-state index contributed by atoms with van der Waals surface area (Å²) >= 11 is 3.29. The van der Waals surface area contributed by atoms with E-state index in [0.717, 1.165) is 23.6 Å². The second-order valence-electron chi connectivity index (χ2n) is 5.80. The minimum atomic E-state index is -4.78. The van der Waals surface area contributed by atoms with Crippen LogP contribution in [0.4, 0.5) is 13.2 Å². The normalized spacial score (nSPS) is 21.0. The van der Waals surface area contributed by atoms with Gasteiger partial charge in [0.05, 0.1) is 5.88 Å². The predicted octanol–water partition coefficient (Wildman–Crippen LogP) is 2.68. The van der Waals surface area contributed by atoms with Gasteiger partial charge in [-0.25, -0.2) is 0 Å². The molecule has 5 nitrogen and oxygen atoms in total. The van der Waals surface area contributed by atoms with Crippen molar-refractivity contribution in [3.63, 3.8) is 0 Å². The first-order valence-electron chi connectivity index (χ1n) is 7.96. The van der Waals surface area contributed by atoms with Crippen LogP contribution < -0.4 is 4.74 Å². The smallest absolute Gasteiger partial charge is 0.406 e. The summed E-state index contributed by atoms with van der Waals surface area (Å²) in [7, 11) is 0. The molecule has 0 radical (unpaired) electrons. The topological polar surface area (TPSA) is 49.9 Å². The van der Waals surface area contributed by atoms with Gasteiger partial charge in [0.25, 0.3) is 5.91 Å². The summed E-state index contributed by atoms with van der Waals surface area (Å²) < 4.78 is 40.5. The Morgan fingerprint density at radius 1 is 1.08 bits per heavy atom. The average molecular weight is 406 g/mol. The standard InChI is InChI=1S/C16H17F3N2O3S2/c17-16(18,19)24-12-3-1-11(2-4-12)14(22)21-10-26-9-13(21)15(23)20-5-7-25-8-6-20/h1-4,13H,5-10H2/t13-/m1/s1. The van der Waals surface area contributed by atoms with Gasteiger partial charge in [0.2, 0.25) is 5.91 Å². The first-order chi connectivity index (χ1) is 12.3. The number of carbonyl (C=O) groups is 2. The van der Waals surface area contributed by atoms with Gasteiger partial charge in [-0.05, 0) is 24.3 Å². The number of amides is 2. The Hall–Kier alpha value is -1.55. The molecule has 1 aromatic rings. The summed E-state index contributed by atoms with van der Waals surface area (Å²) in [5.41, 5.74) is 0.231. The molecule has 0 spiro atoms. The predicted molar refractivity (Wildman–Crippen MR) is 94.3 cm³/mol. The summed E-state index contributed by atoms with van der Waals surface area (Å²) in [6.45, 7) is 1.35. The van der Waals surface area contributed by atoms with E-state index >= 15 is 0 Å². The highest BCUT2D eigenvalue weighted by Crippen LogP contribution is 2.27. The molecule has 1 aromatic carbocycles. The van der Waals surface area contributed by atoms with Gasteiger partial charge < -0.3 is 14.5 Å². The lowest BCUT2D eigenvalue weighted by molar-refractivity contribution is -0.274. The Morgan fingerprint density at radius 2 is 1.73 bits per heavy atom. The lowest BCUT2D eigenvalue weighted by Crippen LogP contribution is -2.51. The largest absolute Gasteiger partial charge is 0.573 e. The van der Waals surface area contributed by atoms with Crippen molar-refractivity contribution in [2.75, 3.05) is 36.2 Å². The minimum absolute atomic E-state index is 0.0549. The zero-order valence-electron chi connectivity index (χ0n) is 13.7. The van der Waals surface area contributed by atoms with Gasteiger partial charge in [-0.15, -0.1) is 24.9 Å². The van der Waals surface area contributed by atoms with Crippen LogP contribution in [0.1, 0.15) is 10.4 Å². The van der Waals surface area contributed by atoms with Crippen LogP contribution in [0, 0.1) is 0 Å². The number of carbonyl (C=O) groups excluding carboxylic acids is 2. The van der Waals surface area contributed by atoms with E-state index in [1.165, 1.54) is 28.8 Å². The lowest BCUT2D eigenvalue weighted by atomic mass is 10.1. The maximum Gasteiger partial charge on any atom is 0.573 e. The van der Waals surface area contributed by atoms with E-state index in [-0.39, 0.29) is 23.1 Å². The molecule has 0 unspecified atom stereocenters. The molecule has 2 aliphatic rings. The first kappa shape index (κ1) is 19.2. The Labute approximate surface area is 157 Å². The number of halogens is 3. The van der Waals surface area contributed by atoms with E-state index < -0.39 is 12.4 Å². The van der Waals surface area contributed by atoms with Crippen molar-refractivity contribution in [3.8, 4) is 5.75 Å².